The zero-order valence-electron chi connectivity index (χ0n) is 11.0. The summed E-state index contributed by atoms with van der Waals surface area (Å²) >= 11 is 8.00. The number of carbonyl (C=O) groups excluding carboxylic acids is 2. The molecule has 0 aliphatic rings. The van der Waals surface area contributed by atoms with Crippen LogP contribution >= 0.6 is 34.3 Å². The van der Waals surface area contributed by atoms with E-state index < -0.39 is 11.8 Å². The van der Waals surface area contributed by atoms with Crippen LogP contribution in [0, 0.1) is 5.82 Å². The first kappa shape index (κ1) is 15.1. The van der Waals surface area contributed by atoms with Gasteiger partial charge in [0.1, 0.15) is 10.7 Å². The molecule has 2 aromatic heterocycles. The molecule has 0 spiro atoms. The lowest BCUT2D eigenvalue weighted by molar-refractivity contribution is 0.0481. The molecule has 0 N–H and O–H groups in total. The molecule has 0 saturated carbocycles. The molecule has 3 nitrogen and oxygen atoms in total. The van der Waals surface area contributed by atoms with Gasteiger partial charge in [-0.05, 0) is 30.3 Å². The highest BCUT2D eigenvalue weighted by atomic mass is 35.5. The van der Waals surface area contributed by atoms with E-state index in [1.54, 1.807) is 24.3 Å². The van der Waals surface area contributed by atoms with Gasteiger partial charge in [0, 0.05) is 10.1 Å². The number of fused-ring (bicyclic) bond motifs is 1. The molecule has 2 heterocycles. The Bertz CT molecular complexity index is 869. The van der Waals surface area contributed by atoms with Crippen molar-refractivity contribution in [2.75, 3.05) is 6.61 Å². The fourth-order valence-corrected chi connectivity index (χ4v) is 3.80. The lowest BCUT2D eigenvalue weighted by Gasteiger charge is -2.00. The molecule has 7 heteroatoms. The van der Waals surface area contributed by atoms with Crippen LogP contribution in [-0.4, -0.2) is 18.4 Å². The van der Waals surface area contributed by atoms with E-state index >= 15 is 0 Å². The van der Waals surface area contributed by atoms with E-state index in [1.807, 2.05) is 0 Å². The molecular formula is C15H8ClFO3S2. The minimum Gasteiger partial charge on any atom is -0.453 e. The van der Waals surface area contributed by atoms with Crippen molar-refractivity contribution in [3.05, 3.63) is 56.3 Å². The van der Waals surface area contributed by atoms with Crippen molar-refractivity contribution in [1.82, 2.24) is 0 Å². The maximum absolute atomic E-state index is 13.6. The van der Waals surface area contributed by atoms with Crippen LogP contribution in [0.25, 0.3) is 10.1 Å². The first-order valence-electron chi connectivity index (χ1n) is 6.18. The minimum absolute atomic E-state index is 0.261. The molecule has 0 aliphatic heterocycles. The van der Waals surface area contributed by atoms with Gasteiger partial charge in [0.15, 0.2) is 6.61 Å². The van der Waals surface area contributed by atoms with Gasteiger partial charge < -0.3 is 4.74 Å². The van der Waals surface area contributed by atoms with Crippen LogP contribution in [-0.2, 0) is 4.74 Å². The molecule has 22 heavy (non-hydrogen) atoms. The Morgan fingerprint density at radius 1 is 1.14 bits per heavy atom. The number of Topliss-reactive ketones (excluding diaryl/α,β-unsaturated/α-hetero) is 1. The second-order valence-electron chi connectivity index (χ2n) is 4.37. The number of ether oxygens (including phenoxy) is 1. The normalized spacial score (nSPS) is 10.8. The molecule has 0 aliphatic carbocycles. The maximum atomic E-state index is 13.6. The van der Waals surface area contributed by atoms with Gasteiger partial charge in [0.2, 0.25) is 5.78 Å². The van der Waals surface area contributed by atoms with E-state index in [9.17, 15) is 14.0 Å². The number of carbonyl (C=O) groups is 2. The maximum Gasteiger partial charge on any atom is 0.348 e. The summed E-state index contributed by atoms with van der Waals surface area (Å²) in [7, 11) is 0. The Morgan fingerprint density at radius 3 is 2.64 bits per heavy atom. The number of hydrogen-bond donors (Lipinski definition) is 0. The number of esters is 1. The monoisotopic (exact) mass is 354 g/mol. The Hall–Kier alpha value is -1.76. The smallest absolute Gasteiger partial charge is 0.348 e. The molecule has 0 saturated heterocycles. The molecule has 0 fully saturated rings. The van der Waals surface area contributed by atoms with Gasteiger partial charge >= 0.3 is 5.97 Å². The van der Waals surface area contributed by atoms with Gasteiger partial charge in [-0.1, -0.05) is 17.7 Å². The van der Waals surface area contributed by atoms with Crippen LogP contribution in [0.15, 0.2) is 36.4 Å². The molecule has 0 atom stereocenters. The highest BCUT2D eigenvalue weighted by Crippen LogP contribution is 2.28. The molecule has 0 bridgehead atoms. The lowest BCUT2D eigenvalue weighted by atomic mass is 10.2. The van der Waals surface area contributed by atoms with E-state index in [0.29, 0.717) is 19.3 Å². The first-order chi connectivity index (χ1) is 10.5. The highest BCUT2D eigenvalue weighted by Gasteiger charge is 2.16. The molecule has 3 aromatic rings. The van der Waals surface area contributed by atoms with Crippen molar-refractivity contribution < 1.29 is 18.7 Å². The third kappa shape index (κ3) is 3.04. The zero-order chi connectivity index (χ0) is 15.7. The third-order valence-corrected chi connectivity index (χ3v) is 5.24. The van der Waals surface area contributed by atoms with Crippen LogP contribution < -0.4 is 0 Å². The Morgan fingerprint density at radius 2 is 1.95 bits per heavy atom. The average Bonchev–Trinajstić information content (AvgIpc) is 3.11. The predicted molar refractivity (Wildman–Crippen MR) is 85.7 cm³/mol. The topological polar surface area (TPSA) is 43.4 Å². The van der Waals surface area contributed by atoms with Crippen molar-refractivity contribution in [1.29, 1.82) is 0 Å². The van der Waals surface area contributed by atoms with E-state index in [1.165, 1.54) is 12.1 Å². The first-order valence-corrected chi connectivity index (χ1v) is 8.19. The summed E-state index contributed by atoms with van der Waals surface area (Å²) < 4.78 is 19.7. The van der Waals surface area contributed by atoms with Gasteiger partial charge in [-0.15, -0.1) is 22.7 Å². The summed E-state index contributed by atoms with van der Waals surface area (Å²) in [6.45, 7) is -0.369. The lowest BCUT2D eigenvalue weighted by Crippen LogP contribution is -2.12. The fraction of sp³-hybridized carbons (Fsp3) is 0.0667. The van der Waals surface area contributed by atoms with Crippen molar-refractivity contribution in [2.24, 2.45) is 0 Å². The molecule has 0 amide bonds. The molecule has 3 rings (SSSR count). The molecule has 1 aromatic carbocycles. The van der Waals surface area contributed by atoms with Gasteiger partial charge in [-0.3, -0.25) is 4.79 Å². The number of halogens is 2. The summed E-state index contributed by atoms with van der Waals surface area (Å²) in [6, 6.07) is 9.25. The summed E-state index contributed by atoms with van der Waals surface area (Å²) in [5.41, 5.74) is 0. The second-order valence-corrected chi connectivity index (χ2v) is 7.16. The van der Waals surface area contributed by atoms with Gasteiger partial charge in [0.05, 0.1) is 9.21 Å². The second kappa shape index (κ2) is 6.16. The van der Waals surface area contributed by atoms with Crippen LogP contribution in [0.2, 0.25) is 4.34 Å². The van der Waals surface area contributed by atoms with Crippen molar-refractivity contribution in [2.45, 2.75) is 0 Å². The Balaban J connectivity index is 1.71. The number of hydrogen-bond acceptors (Lipinski definition) is 5. The average molecular weight is 355 g/mol. The van der Waals surface area contributed by atoms with E-state index in [-0.39, 0.29) is 17.3 Å². The minimum atomic E-state index is -0.642. The molecular weight excluding hydrogens is 347 g/mol. The summed E-state index contributed by atoms with van der Waals surface area (Å²) in [4.78, 5) is 24.5. The van der Waals surface area contributed by atoms with Gasteiger partial charge in [-0.2, -0.15) is 0 Å². The number of ketones is 1. The number of benzene rings is 1. The van der Waals surface area contributed by atoms with E-state index in [4.69, 9.17) is 16.3 Å². The van der Waals surface area contributed by atoms with Crippen LogP contribution in [0.5, 0.6) is 0 Å². The number of thiophene rings is 2. The molecule has 0 unspecified atom stereocenters. The fourth-order valence-electron chi connectivity index (χ4n) is 1.86. The van der Waals surface area contributed by atoms with E-state index in [0.717, 1.165) is 22.7 Å². The van der Waals surface area contributed by atoms with Crippen molar-refractivity contribution in [3.63, 3.8) is 0 Å². The summed E-state index contributed by atoms with van der Waals surface area (Å²) in [6.07, 6.45) is 0. The Kier molecular flexibility index (Phi) is 4.24. The largest absolute Gasteiger partial charge is 0.453 e. The van der Waals surface area contributed by atoms with Crippen LogP contribution in [0.1, 0.15) is 19.3 Å². The summed E-state index contributed by atoms with van der Waals surface area (Å²) in [5.74, 6) is -1.36. The molecule has 112 valence electrons. The third-order valence-electron chi connectivity index (χ3n) is 2.89. The molecule has 0 radical (unpaired) electrons. The van der Waals surface area contributed by atoms with Gasteiger partial charge in [-0.25, -0.2) is 9.18 Å². The Labute approximate surface area is 137 Å². The highest BCUT2D eigenvalue weighted by molar-refractivity contribution is 7.20. The quantitative estimate of drug-likeness (QED) is 0.499. The van der Waals surface area contributed by atoms with Gasteiger partial charge in [0.25, 0.3) is 0 Å². The number of rotatable bonds is 4. The SMILES string of the molecule is O=C(COC(=O)c1cc2c(F)cccc2s1)c1ccc(Cl)s1. The standard InChI is InChI=1S/C15H8ClFO3S2/c16-14-5-4-12(22-14)10(18)7-20-15(19)13-6-8-9(17)2-1-3-11(8)21-13/h1-6H,7H2. The zero-order valence-corrected chi connectivity index (χ0v) is 13.4. The predicted octanol–water partition coefficient (Wildman–Crippen LogP) is 4.80. The van der Waals surface area contributed by atoms with E-state index in [2.05, 4.69) is 0 Å². The van der Waals surface area contributed by atoms with Crippen LogP contribution in [0.4, 0.5) is 4.39 Å². The van der Waals surface area contributed by atoms with Crippen LogP contribution in [0.3, 0.4) is 0 Å². The summed E-state index contributed by atoms with van der Waals surface area (Å²) in [5, 5.41) is 0.371. The van der Waals surface area contributed by atoms with Crippen molar-refractivity contribution in [3.8, 4) is 0 Å². The van der Waals surface area contributed by atoms with Crippen molar-refractivity contribution >= 4 is 56.1 Å².